The lowest BCUT2D eigenvalue weighted by Gasteiger charge is -2.26. The maximum absolute atomic E-state index is 8.54. The van der Waals surface area contributed by atoms with Crippen LogP contribution in [0.5, 0.6) is 0 Å². The van der Waals surface area contributed by atoms with Crippen LogP contribution in [0.25, 0.3) is 82.5 Å². The van der Waals surface area contributed by atoms with Gasteiger partial charge < -0.3 is 13.9 Å². The van der Waals surface area contributed by atoms with Crippen LogP contribution in [0, 0.1) is 0 Å². The monoisotopic (exact) mass is 707 g/mol. The molecular formula is C52H34N2O. The zero-order valence-corrected chi connectivity index (χ0v) is 29.5. The van der Waals surface area contributed by atoms with E-state index in [1.165, 1.54) is 21.8 Å². The van der Waals surface area contributed by atoms with Crippen LogP contribution in [-0.4, -0.2) is 4.57 Å². The average molecular weight is 708 g/mol. The number of rotatable bonds is 6. The predicted molar refractivity (Wildman–Crippen MR) is 231 cm³/mol. The molecule has 0 N–H and O–H groups in total. The van der Waals surface area contributed by atoms with Crippen molar-refractivity contribution < 1.29 is 11.3 Å². The molecule has 0 aliphatic carbocycles. The highest BCUT2D eigenvalue weighted by Crippen LogP contribution is 2.42. The summed E-state index contributed by atoms with van der Waals surface area (Å²) >= 11 is 0. The molecular weight excluding hydrogens is 669 g/mol. The minimum absolute atomic E-state index is 0.151. The highest BCUT2D eigenvalue weighted by molar-refractivity contribution is 6.19. The van der Waals surface area contributed by atoms with Gasteiger partial charge in [-0.25, -0.2) is 0 Å². The standard InChI is InChI=1S/C52H34N2O/c1-3-13-35(14-4-1)37-25-32-45-48-34-47(42-17-7-8-20-46(42)52(48)55-51(45)33-37)36-23-26-39(27-24-36)53(38-15-5-2-6-16-38)40-28-30-41(31-29-40)54-49-21-11-9-18-43(49)44-19-10-12-22-50(44)54/h1-34H/i1D,3D,4D,13D,14D. The Morgan fingerprint density at radius 2 is 0.982 bits per heavy atom. The van der Waals surface area contributed by atoms with E-state index in [1.54, 1.807) is 6.07 Å². The van der Waals surface area contributed by atoms with Gasteiger partial charge in [0.2, 0.25) is 0 Å². The van der Waals surface area contributed by atoms with E-state index in [-0.39, 0.29) is 29.7 Å². The Balaban J connectivity index is 0.999. The van der Waals surface area contributed by atoms with Crippen LogP contribution in [0.3, 0.4) is 0 Å². The van der Waals surface area contributed by atoms with Gasteiger partial charge in [-0.05, 0) is 107 Å². The molecule has 0 saturated carbocycles. The van der Waals surface area contributed by atoms with Crippen molar-refractivity contribution >= 4 is 71.6 Å². The Labute approximate surface area is 325 Å². The van der Waals surface area contributed by atoms with Gasteiger partial charge in [-0.2, -0.15) is 0 Å². The van der Waals surface area contributed by atoms with Gasteiger partial charge >= 0.3 is 0 Å². The minimum Gasteiger partial charge on any atom is -0.455 e. The molecule has 2 aromatic heterocycles. The van der Waals surface area contributed by atoms with Gasteiger partial charge in [0.15, 0.2) is 0 Å². The molecule has 3 nitrogen and oxygen atoms in total. The Kier molecular flexibility index (Phi) is 6.07. The van der Waals surface area contributed by atoms with E-state index < -0.39 is 6.04 Å². The summed E-state index contributed by atoms with van der Waals surface area (Å²) < 4.78 is 50.4. The first-order valence-corrected chi connectivity index (χ1v) is 18.4. The van der Waals surface area contributed by atoms with Gasteiger partial charge in [-0.1, -0.05) is 127 Å². The molecule has 0 spiro atoms. The topological polar surface area (TPSA) is 21.3 Å². The second kappa shape index (κ2) is 12.6. The first kappa shape index (κ1) is 26.4. The number of hydrogen-bond donors (Lipinski definition) is 0. The molecule has 55 heavy (non-hydrogen) atoms. The van der Waals surface area contributed by atoms with E-state index in [1.807, 2.05) is 30.3 Å². The van der Waals surface area contributed by atoms with Gasteiger partial charge in [0.25, 0.3) is 0 Å². The number of furan rings is 1. The summed E-state index contributed by atoms with van der Waals surface area (Å²) in [5.41, 5.74) is 10.6. The third-order valence-electron chi connectivity index (χ3n) is 10.7. The van der Waals surface area contributed by atoms with E-state index in [2.05, 4.69) is 149 Å². The second-order valence-corrected chi connectivity index (χ2v) is 13.8. The first-order valence-electron chi connectivity index (χ1n) is 20.9. The molecule has 0 amide bonds. The normalized spacial score (nSPS) is 12.9. The SMILES string of the molecule is [2H]c1c([2H])c([2H])c(-c2ccc3c(c2)oc2c4ccccc4c(-c4ccc(N(c5ccccc5)c5ccc(-n6c7ccccc7c7ccccc76)cc5)cc4)cc32)c([2H])c1[2H]. The van der Waals surface area contributed by atoms with Crippen LogP contribution in [0.4, 0.5) is 17.1 Å². The number of anilines is 3. The molecule has 0 bridgehead atoms. The zero-order chi connectivity index (χ0) is 40.6. The summed E-state index contributed by atoms with van der Waals surface area (Å²) in [7, 11) is 0. The van der Waals surface area contributed by atoms with E-state index in [4.69, 9.17) is 11.3 Å². The summed E-state index contributed by atoms with van der Waals surface area (Å²) in [5.74, 6) is 0. The fraction of sp³-hybridized carbons (Fsp3) is 0. The lowest BCUT2D eigenvalue weighted by atomic mass is 9.95. The second-order valence-electron chi connectivity index (χ2n) is 13.8. The summed E-state index contributed by atoms with van der Waals surface area (Å²) in [6, 6.07) is 59.3. The van der Waals surface area contributed by atoms with Crippen LogP contribution in [0.2, 0.25) is 0 Å². The maximum atomic E-state index is 8.54. The summed E-state index contributed by atoms with van der Waals surface area (Å²) in [6.07, 6.45) is 0. The Morgan fingerprint density at radius 1 is 0.418 bits per heavy atom. The number of benzene rings is 9. The predicted octanol–water partition coefficient (Wildman–Crippen LogP) is 14.6. The molecule has 0 saturated heterocycles. The molecule has 0 radical (unpaired) electrons. The molecule has 11 rings (SSSR count). The quantitative estimate of drug-likeness (QED) is 0.172. The molecule has 2 heterocycles. The van der Waals surface area contributed by atoms with Crippen LogP contribution in [-0.2, 0) is 0 Å². The molecule has 9 aromatic carbocycles. The van der Waals surface area contributed by atoms with Gasteiger partial charge in [0.1, 0.15) is 11.2 Å². The van der Waals surface area contributed by atoms with Crippen molar-refractivity contribution in [2.75, 3.05) is 4.90 Å². The summed E-state index contributed by atoms with van der Waals surface area (Å²) in [5, 5.41) is 6.29. The van der Waals surface area contributed by atoms with Crippen LogP contribution in [0.1, 0.15) is 6.85 Å². The lowest BCUT2D eigenvalue weighted by Crippen LogP contribution is -2.10. The van der Waals surface area contributed by atoms with Crippen molar-refractivity contribution in [1.82, 2.24) is 4.57 Å². The molecule has 3 heteroatoms. The number of para-hydroxylation sites is 3. The highest BCUT2D eigenvalue weighted by atomic mass is 16.3. The Hall–Kier alpha value is -7.36. The number of hydrogen-bond acceptors (Lipinski definition) is 2. The largest absolute Gasteiger partial charge is 0.455 e. The van der Waals surface area contributed by atoms with Gasteiger partial charge in [0.05, 0.1) is 17.9 Å². The van der Waals surface area contributed by atoms with Crippen molar-refractivity contribution in [3.05, 3.63) is 206 Å². The van der Waals surface area contributed by atoms with Crippen molar-refractivity contribution in [3.63, 3.8) is 0 Å². The maximum Gasteiger partial charge on any atom is 0.143 e. The van der Waals surface area contributed by atoms with Crippen molar-refractivity contribution in [2.45, 2.75) is 0 Å². The Bertz CT molecular complexity index is 3400. The highest BCUT2D eigenvalue weighted by Gasteiger charge is 2.18. The third-order valence-corrected chi connectivity index (χ3v) is 10.7. The smallest absolute Gasteiger partial charge is 0.143 e. The Morgan fingerprint density at radius 3 is 1.67 bits per heavy atom. The van der Waals surface area contributed by atoms with Crippen molar-refractivity contribution in [2.24, 2.45) is 0 Å². The summed E-state index contributed by atoms with van der Waals surface area (Å²) in [6.45, 7) is 0. The molecule has 0 fully saturated rings. The number of nitrogens with zero attached hydrogens (tertiary/aromatic N) is 2. The molecule has 0 atom stereocenters. The van der Waals surface area contributed by atoms with Crippen LogP contribution in [0.15, 0.2) is 211 Å². The van der Waals surface area contributed by atoms with E-state index in [0.717, 1.165) is 61.0 Å². The van der Waals surface area contributed by atoms with E-state index in [0.29, 0.717) is 11.1 Å². The fourth-order valence-electron chi connectivity index (χ4n) is 8.15. The van der Waals surface area contributed by atoms with Gasteiger partial charge in [0, 0.05) is 49.7 Å². The van der Waals surface area contributed by atoms with Crippen LogP contribution >= 0.6 is 0 Å². The zero-order valence-electron chi connectivity index (χ0n) is 34.5. The van der Waals surface area contributed by atoms with Crippen molar-refractivity contribution in [3.8, 4) is 27.9 Å². The number of fused-ring (bicyclic) bond motifs is 8. The lowest BCUT2D eigenvalue weighted by molar-refractivity contribution is 0.673. The van der Waals surface area contributed by atoms with Crippen molar-refractivity contribution in [1.29, 1.82) is 0 Å². The van der Waals surface area contributed by atoms with Gasteiger partial charge in [-0.15, -0.1) is 0 Å². The van der Waals surface area contributed by atoms with Gasteiger partial charge in [-0.3, -0.25) is 0 Å². The first-order chi connectivity index (χ1) is 29.4. The summed E-state index contributed by atoms with van der Waals surface area (Å²) in [4.78, 5) is 2.28. The van der Waals surface area contributed by atoms with E-state index in [9.17, 15) is 0 Å². The number of aromatic nitrogens is 1. The molecule has 0 aliphatic heterocycles. The van der Waals surface area contributed by atoms with E-state index >= 15 is 0 Å². The molecule has 0 unspecified atom stereocenters. The molecule has 11 aromatic rings. The van der Waals surface area contributed by atoms with Crippen LogP contribution < -0.4 is 4.90 Å². The average Bonchev–Trinajstić information content (AvgIpc) is 3.84. The molecule has 0 aliphatic rings. The minimum atomic E-state index is -0.413. The third kappa shape index (κ3) is 5.13. The fourth-order valence-corrected chi connectivity index (χ4v) is 8.15. The molecule has 258 valence electrons.